The fourth-order valence-corrected chi connectivity index (χ4v) is 2.89. The number of carbonyl (C=O) groups is 3. The average Bonchev–Trinajstić information content (AvgIpc) is 2.90. The van der Waals surface area contributed by atoms with Crippen molar-refractivity contribution in [1.29, 1.82) is 0 Å². The minimum Gasteiger partial charge on any atom is -0.462 e. The van der Waals surface area contributed by atoms with E-state index in [4.69, 9.17) is 16.3 Å². The van der Waals surface area contributed by atoms with Crippen LogP contribution in [0.3, 0.4) is 0 Å². The van der Waals surface area contributed by atoms with Gasteiger partial charge in [-0.15, -0.1) is 0 Å². The molecular weight excluding hydrogens is 370 g/mol. The fourth-order valence-electron chi connectivity index (χ4n) is 2.69. The largest absolute Gasteiger partial charge is 0.462 e. The number of aromatic nitrogens is 1. The molecule has 0 spiro atoms. The summed E-state index contributed by atoms with van der Waals surface area (Å²) in [5, 5.41) is 3.01. The highest BCUT2D eigenvalue weighted by Crippen LogP contribution is 2.24. The van der Waals surface area contributed by atoms with Crippen LogP contribution in [0.4, 0.5) is 5.69 Å². The third kappa shape index (κ3) is 4.31. The summed E-state index contributed by atoms with van der Waals surface area (Å²) in [4.78, 5) is 41.2. The van der Waals surface area contributed by atoms with E-state index in [-0.39, 0.29) is 23.8 Å². The Balaban J connectivity index is 2.31. The summed E-state index contributed by atoms with van der Waals surface area (Å²) in [6, 6.07) is 4.66. The molecule has 0 aliphatic carbocycles. The number of H-pyrrole nitrogens is 1. The minimum absolute atomic E-state index is 0.248. The summed E-state index contributed by atoms with van der Waals surface area (Å²) in [7, 11) is 3.23. The maximum Gasteiger partial charge on any atom is 0.340 e. The van der Waals surface area contributed by atoms with Gasteiger partial charge in [0.05, 0.1) is 22.8 Å². The Bertz CT molecular complexity index is 903. The van der Waals surface area contributed by atoms with Crippen molar-refractivity contribution in [2.75, 3.05) is 26.0 Å². The minimum atomic E-state index is -0.479. The van der Waals surface area contributed by atoms with Crippen molar-refractivity contribution in [1.82, 2.24) is 9.88 Å². The second-order valence-electron chi connectivity index (χ2n) is 6.19. The molecule has 27 heavy (non-hydrogen) atoms. The van der Waals surface area contributed by atoms with Crippen molar-refractivity contribution in [2.24, 2.45) is 0 Å². The quantitative estimate of drug-likeness (QED) is 0.764. The number of hydrogen-bond acceptors (Lipinski definition) is 4. The Labute approximate surface area is 162 Å². The van der Waals surface area contributed by atoms with Crippen molar-refractivity contribution < 1.29 is 19.1 Å². The molecule has 0 bridgehead atoms. The Morgan fingerprint density at radius 3 is 2.48 bits per heavy atom. The number of rotatable bonds is 5. The first-order chi connectivity index (χ1) is 12.7. The van der Waals surface area contributed by atoms with Gasteiger partial charge in [-0.05, 0) is 44.5 Å². The van der Waals surface area contributed by atoms with Crippen LogP contribution in [0.15, 0.2) is 18.2 Å². The lowest BCUT2D eigenvalue weighted by atomic mass is 10.1. The summed E-state index contributed by atoms with van der Waals surface area (Å²) in [5.41, 5.74) is 2.36. The van der Waals surface area contributed by atoms with Gasteiger partial charge < -0.3 is 19.9 Å². The number of carbonyl (C=O) groups excluding carboxylic acids is 3. The number of esters is 1. The Morgan fingerprint density at radius 2 is 1.89 bits per heavy atom. The number of anilines is 1. The molecule has 0 fully saturated rings. The number of benzene rings is 1. The van der Waals surface area contributed by atoms with E-state index in [1.807, 2.05) is 0 Å². The molecule has 8 heteroatoms. The summed E-state index contributed by atoms with van der Waals surface area (Å²) < 4.78 is 5.03. The van der Waals surface area contributed by atoms with E-state index >= 15 is 0 Å². The predicted molar refractivity (Wildman–Crippen MR) is 104 cm³/mol. The van der Waals surface area contributed by atoms with E-state index in [9.17, 15) is 14.4 Å². The van der Waals surface area contributed by atoms with Gasteiger partial charge in [-0.25, -0.2) is 4.79 Å². The van der Waals surface area contributed by atoms with Crippen LogP contribution in [-0.4, -0.2) is 48.4 Å². The first-order valence-corrected chi connectivity index (χ1v) is 8.74. The summed E-state index contributed by atoms with van der Waals surface area (Å²) in [6.45, 7) is 5.34. The molecule has 0 aliphatic heterocycles. The fraction of sp³-hybridized carbons (Fsp3) is 0.316. The number of hydrogen-bond donors (Lipinski definition) is 2. The second kappa shape index (κ2) is 8.26. The van der Waals surface area contributed by atoms with Crippen molar-refractivity contribution in [3.8, 4) is 0 Å². The monoisotopic (exact) mass is 391 g/mol. The van der Waals surface area contributed by atoms with Crippen LogP contribution in [0.25, 0.3) is 0 Å². The zero-order valence-corrected chi connectivity index (χ0v) is 16.7. The molecule has 0 saturated heterocycles. The van der Waals surface area contributed by atoms with E-state index in [2.05, 4.69) is 10.3 Å². The Kier molecular flexibility index (Phi) is 6.28. The van der Waals surface area contributed by atoms with E-state index < -0.39 is 11.9 Å². The lowest BCUT2D eigenvalue weighted by Gasteiger charge is -2.13. The molecule has 0 radical (unpaired) electrons. The van der Waals surface area contributed by atoms with Crippen molar-refractivity contribution in [3.05, 3.63) is 51.3 Å². The third-order valence-corrected chi connectivity index (χ3v) is 4.33. The predicted octanol–water partition coefficient (Wildman–Crippen LogP) is 3.42. The maximum absolute atomic E-state index is 12.7. The standard InChI is InChI=1S/C19H22ClN3O4/c1-6-27-19(26)15-10(2)16(21-11(15)3)17(24)22-12-7-8-14(20)13(9-12)18(25)23(4)5/h7-9,21H,6H2,1-5H3,(H,22,24). The zero-order chi connectivity index (χ0) is 20.3. The highest BCUT2D eigenvalue weighted by Gasteiger charge is 2.23. The molecule has 0 unspecified atom stereocenters. The summed E-state index contributed by atoms with van der Waals surface area (Å²) >= 11 is 6.08. The van der Waals surface area contributed by atoms with E-state index in [1.165, 1.54) is 11.0 Å². The lowest BCUT2D eigenvalue weighted by molar-refractivity contribution is 0.0524. The number of nitrogens with one attached hydrogen (secondary N) is 2. The van der Waals surface area contributed by atoms with Gasteiger partial charge in [0.2, 0.25) is 0 Å². The molecule has 2 rings (SSSR count). The number of aryl methyl sites for hydroxylation is 1. The molecule has 7 nitrogen and oxygen atoms in total. The molecule has 0 saturated carbocycles. The normalized spacial score (nSPS) is 10.4. The van der Waals surface area contributed by atoms with Crippen LogP contribution in [-0.2, 0) is 4.74 Å². The molecule has 144 valence electrons. The molecule has 1 heterocycles. The smallest absolute Gasteiger partial charge is 0.340 e. The highest BCUT2D eigenvalue weighted by atomic mass is 35.5. The van der Waals surface area contributed by atoms with Gasteiger partial charge in [0, 0.05) is 25.5 Å². The van der Waals surface area contributed by atoms with Gasteiger partial charge in [-0.1, -0.05) is 11.6 Å². The number of aromatic amines is 1. The average molecular weight is 392 g/mol. The van der Waals surface area contributed by atoms with Gasteiger partial charge in [-0.2, -0.15) is 0 Å². The van der Waals surface area contributed by atoms with Crippen molar-refractivity contribution in [2.45, 2.75) is 20.8 Å². The molecule has 0 aliphatic rings. The number of amides is 2. The molecule has 2 N–H and O–H groups in total. The van der Waals surface area contributed by atoms with E-state index in [0.29, 0.717) is 27.5 Å². The molecule has 2 aromatic rings. The second-order valence-corrected chi connectivity index (χ2v) is 6.60. The summed E-state index contributed by atoms with van der Waals surface area (Å²) in [6.07, 6.45) is 0. The van der Waals surface area contributed by atoms with Gasteiger partial charge in [0.15, 0.2) is 0 Å². The van der Waals surface area contributed by atoms with Gasteiger partial charge in [0.25, 0.3) is 11.8 Å². The molecule has 2 amide bonds. The molecule has 1 aromatic carbocycles. The number of nitrogens with zero attached hydrogens (tertiary/aromatic N) is 1. The van der Waals surface area contributed by atoms with E-state index in [0.717, 1.165) is 0 Å². The van der Waals surface area contributed by atoms with Crippen molar-refractivity contribution in [3.63, 3.8) is 0 Å². The van der Waals surface area contributed by atoms with Crippen LogP contribution in [0.2, 0.25) is 5.02 Å². The zero-order valence-electron chi connectivity index (χ0n) is 15.9. The lowest BCUT2D eigenvalue weighted by Crippen LogP contribution is -2.22. The topological polar surface area (TPSA) is 91.5 Å². The molecular formula is C19H22ClN3O4. The maximum atomic E-state index is 12.7. The molecule has 1 aromatic heterocycles. The first kappa shape index (κ1) is 20.5. The third-order valence-electron chi connectivity index (χ3n) is 4.00. The number of halogens is 1. The Morgan fingerprint density at radius 1 is 1.22 bits per heavy atom. The van der Waals surface area contributed by atoms with Crippen LogP contribution < -0.4 is 5.32 Å². The van der Waals surface area contributed by atoms with Gasteiger partial charge >= 0.3 is 5.97 Å². The van der Waals surface area contributed by atoms with Crippen LogP contribution in [0.1, 0.15) is 49.4 Å². The Hall–Kier alpha value is -2.80. The van der Waals surface area contributed by atoms with Gasteiger partial charge in [0.1, 0.15) is 5.69 Å². The van der Waals surface area contributed by atoms with Crippen LogP contribution in [0.5, 0.6) is 0 Å². The van der Waals surface area contributed by atoms with Crippen molar-refractivity contribution >= 4 is 35.1 Å². The van der Waals surface area contributed by atoms with Crippen LogP contribution >= 0.6 is 11.6 Å². The highest BCUT2D eigenvalue weighted by molar-refractivity contribution is 6.34. The van der Waals surface area contributed by atoms with Crippen LogP contribution in [0, 0.1) is 13.8 Å². The van der Waals surface area contributed by atoms with E-state index in [1.54, 1.807) is 47.0 Å². The van der Waals surface area contributed by atoms with Gasteiger partial charge in [-0.3, -0.25) is 9.59 Å². The number of ether oxygens (including phenoxy) is 1. The SMILES string of the molecule is CCOC(=O)c1c(C)[nH]c(C(=O)Nc2ccc(Cl)c(C(=O)N(C)C)c2)c1C. The summed E-state index contributed by atoms with van der Waals surface area (Å²) in [5.74, 6) is -1.18. The first-order valence-electron chi connectivity index (χ1n) is 8.36. The molecule has 0 atom stereocenters.